The first-order chi connectivity index (χ1) is 15.5. The minimum absolute atomic E-state index is 0.00348. The average Bonchev–Trinajstić information content (AvgIpc) is 3.10. The van der Waals surface area contributed by atoms with E-state index in [2.05, 4.69) is 0 Å². The van der Waals surface area contributed by atoms with Gasteiger partial charge >= 0.3 is 0 Å². The molecule has 4 aromatic rings. The molecule has 0 aliphatic rings. The van der Waals surface area contributed by atoms with Gasteiger partial charge in [0.1, 0.15) is 18.1 Å². The number of carbonyl (C=O) groups excluding carboxylic acids is 1. The Morgan fingerprint density at radius 2 is 1.78 bits per heavy atom. The fourth-order valence-electron chi connectivity index (χ4n) is 3.60. The van der Waals surface area contributed by atoms with Crippen LogP contribution in [0.15, 0.2) is 72.8 Å². The van der Waals surface area contributed by atoms with Crippen molar-refractivity contribution in [3.8, 4) is 11.5 Å². The van der Waals surface area contributed by atoms with Gasteiger partial charge in [-0.1, -0.05) is 29.8 Å². The van der Waals surface area contributed by atoms with Gasteiger partial charge in [-0.3, -0.25) is 14.6 Å². The molecule has 1 heterocycles. The van der Waals surface area contributed by atoms with Crippen molar-refractivity contribution in [2.45, 2.75) is 13.2 Å². The molecule has 0 atom stereocenters. The maximum Gasteiger partial charge on any atom is 0.262 e. The van der Waals surface area contributed by atoms with E-state index in [1.165, 1.54) is 11.7 Å². The van der Waals surface area contributed by atoms with Gasteiger partial charge in [0.15, 0.2) is 0 Å². The van der Waals surface area contributed by atoms with Crippen LogP contribution in [0.3, 0.4) is 0 Å². The molecule has 7 nitrogen and oxygen atoms in total. The summed E-state index contributed by atoms with van der Waals surface area (Å²) in [6, 6.07) is 20.9. The Bertz CT molecular complexity index is 1240. The van der Waals surface area contributed by atoms with Crippen LogP contribution in [0, 0.1) is 5.21 Å². The van der Waals surface area contributed by atoms with Crippen molar-refractivity contribution < 1.29 is 19.5 Å². The van der Waals surface area contributed by atoms with Gasteiger partial charge in [0.2, 0.25) is 0 Å². The van der Waals surface area contributed by atoms with Gasteiger partial charge in [-0.2, -0.15) is 0 Å². The predicted molar refractivity (Wildman–Crippen MR) is 121 cm³/mol. The SMILES string of the molecule is COc1ccc2c(c1)c(CN([O-])O)c(COc1ccccc1)n2C(=O)c1ccc(Cl)cc1. The van der Waals surface area contributed by atoms with E-state index in [4.69, 9.17) is 21.1 Å². The third kappa shape index (κ3) is 4.46. The molecule has 0 saturated carbocycles. The molecule has 1 N–H and O–H groups in total. The summed E-state index contributed by atoms with van der Waals surface area (Å²) in [5, 5.41) is 22.1. The van der Waals surface area contributed by atoms with Crippen LogP contribution in [0.25, 0.3) is 10.9 Å². The molecular weight excluding hydrogens is 432 g/mol. The molecule has 8 heteroatoms. The number of nitrogens with zero attached hydrogens (tertiary/aromatic N) is 2. The van der Waals surface area contributed by atoms with Crippen molar-refractivity contribution in [1.29, 1.82) is 0 Å². The lowest BCUT2D eigenvalue weighted by molar-refractivity contribution is -0.0488. The standard InChI is InChI=1S/C24H20ClN2O5/c1-31-19-11-12-22-20(13-19)21(14-26(29)30)23(15-32-18-5-3-2-4-6-18)27(22)24(28)16-7-9-17(25)10-8-16/h2-13,29H,14-15H2,1H3/q-1. The van der Waals surface area contributed by atoms with Crippen molar-refractivity contribution in [2.24, 2.45) is 0 Å². The maximum absolute atomic E-state index is 13.5. The number of ether oxygens (including phenoxy) is 2. The molecule has 0 amide bonds. The van der Waals surface area contributed by atoms with Gasteiger partial charge in [-0.15, -0.1) is 0 Å². The normalized spacial score (nSPS) is 11.2. The highest BCUT2D eigenvalue weighted by atomic mass is 35.5. The number of methoxy groups -OCH3 is 1. The largest absolute Gasteiger partial charge is 0.762 e. The van der Waals surface area contributed by atoms with E-state index >= 15 is 0 Å². The van der Waals surface area contributed by atoms with Crippen LogP contribution in [0.4, 0.5) is 0 Å². The number of aromatic nitrogens is 1. The molecule has 3 aromatic carbocycles. The third-order valence-electron chi connectivity index (χ3n) is 5.09. The van der Waals surface area contributed by atoms with Crippen molar-refractivity contribution in [2.75, 3.05) is 7.11 Å². The Kier molecular flexibility index (Phi) is 6.43. The first kappa shape index (κ1) is 21.9. The second kappa shape index (κ2) is 9.42. The first-order valence-electron chi connectivity index (χ1n) is 9.80. The summed E-state index contributed by atoms with van der Waals surface area (Å²) in [6.07, 6.45) is 0. The number of para-hydroxylation sites is 1. The molecule has 0 saturated heterocycles. The number of rotatable bonds is 7. The van der Waals surface area contributed by atoms with E-state index < -0.39 is 0 Å². The maximum atomic E-state index is 13.5. The molecule has 0 unspecified atom stereocenters. The monoisotopic (exact) mass is 451 g/mol. The van der Waals surface area contributed by atoms with E-state index in [0.717, 1.165) is 0 Å². The van der Waals surface area contributed by atoms with Crippen molar-refractivity contribution in [3.05, 3.63) is 99.8 Å². The highest BCUT2D eigenvalue weighted by Crippen LogP contribution is 2.32. The first-order valence-corrected chi connectivity index (χ1v) is 10.2. The molecule has 1 aromatic heterocycles. The fourth-order valence-corrected chi connectivity index (χ4v) is 3.73. The Morgan fingerprint density at radius 1 is 1.06 bits per heavy atom. The van der Waals surface area contributed by atoms with Crippen LogP contribution in [0.5, 0.6) is 11.5 Å². The lowest BCUT2D eigenvalue weighted by atomic mass is 10.1. The quantitative estimate of drug-likeness (QED) is 0.386. The summed E-state index contributed by atoms with van der Waals surface area (Å²) < 4.78 is 12.7. The Balaban J connectivity index is 1.90. The lowest BCUT2D eigenvalue weighted by Crippen LogP contribution is -2.18. The summed E-state index contributed by atoms with van der Waals surface area (Å²) in [5.74, 6) is 0.848. The predicted octanol–water partition coefficient (Wildman–Crippen LogP) is 5.26. The summed E-state index contributed by atoms with van der Waals surface area (Å²) in [4.78, 5) is 13.5. The Hall–Kier alpha value is -3.36. The van der Waals surface area contributed by atoms with Crippen LogP contribution < -0.4 is 9.47 Å². The second-order valence-corrected chi connectivity index (χ2v) is 7.50. The van der Waals surface area contributed by atoms with E-state index in [-0.39, 0.29) is 24.3 Å². The lowest BCUT2D eigenvalue weighted by Gasteiger charge is -2.20. The molecule has 0 aliphatic carbocycles. The third-order valence-corrected chi connectivity index (χ3v) is 5.35. The van der Waals surface area contributed by atoms with Gasteiger partial charge in [0.05, 0.1) is 18.3 Å². The highest BCUT2D eigenvalue weighted by Gasteiger charge is 2.23. The molecular formula is C24H20ClN2O5-. The summed E-state index contributed by atoms with van der Waals surface area (Å²) in [7, 11) is 1.53. The van der Waals surface area contributed by atoms with Crippen LogP contribution in [0.1, 0.15) is 21.6 Å². The molecule has 0 bridgehead atoms. The number of halogens is 1. The molecule has 0 radical (unpaired) electrons. The minimum atomic E-state index is -0.349. The van der Waals surface area contributed by atoms with E-state index in [1.54, 1.807) is 54.6 Å². The number of hydrogen-bond acceptors (Lipinski definition) is 6. The van der Waals surface area contributed by atoms with Crippen molar-refractivity contribution in [3.63, 3.8) is 0 Å². The Morgan fingerprint density at radius 3 is 2.44 bits per heavy atom. The van der Waals surface area contributed by atoms with Gasteiger partial charge in [0.25, 0.3) is 5.91 Å². The number of carbonyl (C=O) groups is 1. The van der Waals surface area contributed by atoms with E-state index in [0.29, 0.717) is 44.2 Å². The summed E-state index contributed by atoms with van der Waals surface area (Å²) in [5.41, 5.74) is 1.90. The van der Waals surface area contributed by atoms with Crippen molar-refractivity contribution in [1.82, 2.24) is 9.79 Å². The van der Waals surface area contributed by atoms with Gasteiger partial charge < -0.3 is 19.9 Å². The highest BCUT2D eigenvalue weighted by molar-refractivity contribution is 6.30. The van der Waals surface area contributed by atoms with E-state index in [9.17, 15) is 15.2 Å². The average molecular weight is 452 g/mol. The van der Waals surface area contributed by atoms with Crippen LogP contribution in [-0.4, -0.2) is 28.0 Å². The Labute approximate surface area is 189 Å². The smallest absolute Gasteiger partial charge is 0.262 e. The molecule has 0 spiro atoms. The molecule has 0 fully saturated rings. The summed E-state index contributed by atoms with van der Waals surface area (Å²) >= 11 is 5.98. The van der Waals surface area contributed by atoms with Crippen LogP contribution in [0.2, 0.25) is 5.02 Å². The zero-order valence-electron chi connectivity index (χ0n) is 17.2. The summed E-state index contributed by atoms with van der Waals surface area (Å²) in [6.45, 7) is -0.346. The van der Waals surface area contributed by atoms with Crippen LogP contribution >= 0.6 is 11.6 Å². The van der Waals surface area contributed by atoms with Crippen LogP contribution in [-0.2, 0) is 13.2 Å². The fraction of sp³-hybridized carbons (Fsp3) is 0.125. The van der Waals surface area contributed by atoms with Gasteiger partial charge in [0, 0.05) is 28.1 Å². The number of fused-ring (bicyclic) bond motifs is 1. The number of hydroxylamine groups is 2. The molecule has 164 valence electrons. The minimum Gasteiger partial charge on any atom is -0.762 e. The number of benzene rings is 3. The van der Waals surface area contributed by atoms with E-state index in [1.807, 2.05) is 18.2 Å². The molecule has 0 aliphatic heterocycles. The molecule has 4 rings (SSSR count). The topological polar surface area (TPSA) is 87.0 Å². The zero-order chi connectivity index (χ0) is 22.7. The number of hydrogen-bond donors (Lipinski definition) is 1. The molecule has 32 heavy (non-hydrogen) atoms. The van der Waals surface area contributed by atoms with Gasteiger partial charge in [-0.25, -0.2) is 0 Å². The second-order valence-electron chi connectivity index (χ2n) is 7.07. The van der Waals surface area contributed by atoms with Gasteiger partial charge in [-0.05, 0) is 54.6 Å². The van der Waals surface area contributed by atoms with Crippen molar-refractivity contribution >= 4 is 28.4 Å². The zero-order valence-corrected chi connectivity index (χ0v) is 18.0.